The molecule has 0 aliphatic rings. The van der Waals surface area contributed by atoms with Crippen LogP contribution in [0.1, 0.15) is 36.4 Å². The van der Waals surface area contributed by atoms with Crippen molar-refractivity contribution in [2.24, 2.45) is 10.1 Å². The SMILES string of the molecule is CCc1noc(CC)c1CNC(=NC)NCc1ccc(S(N)(=O)=O)cc1.I. The van der Waals surface area contributed by atoms with E-state index in [1.807, 2.05) is 13.8 Å². The Morgan fingerprint density at radius 3 is 2.30 bits per heavy atom. The van der Waals surface area contributed by atoms with E-state index in [0.717, 1.165) is 35.4 Å². The van der Waals surface area contributed by atoms with Crippen LogP contribution in [0.4, 0.5) is 0 Å². The lowest BCUT2D eigenvalue weighted by molar-refractivity contribution is 0.380. The molecule has 0 atom stereocenters. The molecule has 0 radical (unpaired) electrons. The molecule has 2 aromatic rings. The van der Waals surface area contributed by atoms with E-state index in [2.05, 4.69) is 20.8 Å². The second kappa shape index (κ2) is 10.6. The van der Waals surface area contributed by atoms with Crippen LogP contribution in [0.2, 0.25) is 0 Å². The number of aliphatic imine (C=N–C) groups is 1. The number of aromatic nitrogens is 1. The second-order valence-corrected chi connectivity index (χ2v) is 7.27. The van der Waals surface area contributed by atoms with Crippen molar-refractivity contribution in [2.45, 2.75) is 44.7 Å². The summed E-state index contributed by atoms with van der Waals surface area (Å²) in [4.78, 5) is 4.29. The van der Waals surface area contributed by atoms with Crippen molar-refractivity contribution in [3.8, 4) is 0 Å². The highest BCUT2D eigenvalue weighted by Crippen LogP contribution is 2.15. The molecular weight excluding hydrogens is 481 g/mol. The molecule has 0 unspecified atom stereocenters. The van der Waals surface area contributed by atoms with Gasteiger partial charge in [-0.1, -0.05) is 31.1 Å². The molecule has 8 nitrogen and oxygen atoms in total. The van der Waals surface area contributed by atoms with Gasteiger partial charge in [0.1, 0.15) is 5.76 Å². The molecule has 1 heterocycles. The Bertz CT molecular complexity index is 842. The topological polar surface area (TPSA) is 123 Å². The largest absolute Gasteiger partial charge is 0.361 e. The summed E-state index contributed by atoms with van der Waals surface area (Å²) in [5, 5.41) is 15.6. The van der Waals surface area contributed by atoms with Gasteiger partial charge < -0.3 is 15.2 Å². The lowest BCUT2D eigenvalue weighted by Gasteiger charge is -2.12. The molecule has 0 saturated heterocycles. The van der Waals surface area contributed by atoms with E-state index in [-0.39, 0.29) is 28.9 Å². The molecule has 0 saturated carbocycles. The third-order valence-corrected chi connectivity index (χ3v) is 4.90. The Morgan fingerprint density at radius 2 is 1.78 bits per heavy atom. The van der Waals surface area contributed by atoms with Crippen molar-refractivity contribution in [1.82, 2.24) is 15.8 Å². The van der Waals surface area contributed by atoms with Gasteiger partial charge in [0, 0.05) is 32.1 Å². The molecule has 0 fully saturated rings. The van der Waals surface area contributed by atoms with Crippen molar-refractivity contribution >= 4 is 40.0 Å². The van der Waals surface area contributed by atoms with E-state index < -0.39 is 10.0 Å². The fourth-order valence-corrected chi connectivity index (χ4v) is 3.03. The average molecular weight is 507 g/mol. The maximum Gasteiger partial charge on any atom is 0.238 e. The fourth-order valence-electron chi connectivity index (χ4n) is 2.51. The van der Waals surface area contributed by atoms with E-state index >= 15 is 0 Å². The Balaban J connectivity index is 0.00000364. The van der Waals surface area contributed by atoms with Crippen LogP contribution in [-0.4, -0.2) is 26.6 Å². The summed E-state index contributed by atoms with van der Waals surface area (Å²) < 4.78 is 27.9. The quantitative estimate of drug-likeness (QED) is 0.299. The highest BCUT2D eigenvalue weighted by Gasteiger charge is 2.13. The third-order valence-electron chi connectivity index (χ3n) is 3.98. The number of rotatable bonds is 7. The first-order valence-electron chi connectivity index (χ1n) is 8.41. The van der Waals surface area contributed by atoms with Crippen LogP contribution in [0.5, 0.6) is 0 Å². The number of halogens is 1. The summed E-state index contributed by atoms with van der Waals surface area (Å²) in [6, 6.07) is 6.40. The zero-order chi connectivity index (χ0) is 19.2. The van der Waals surface area contributed by atoms with Gasteiger partial charge in [0.05, 0.1) is 10.6 Å². The number of hydrogen-bond acceptors (Lipinski definition) is 5. The van der Waals surface area contributed by atoms with Crippen molar-refractivity contribution in [1.29, 1.82) is 0 Å². The molecule has 0 aliphatic heterocycles. The van der Waals surface area contributed by atoms with E-state index in [4.69, 9.17) is 9.66 Å². The van der Waals surface area contributed by atoms with Crippen LogP contribution in [-0.2, 0) is 36.0 Å². The lowest BCUT2D eigenvalue weighted by Crippen LogP contribution is -2.36. The standard InChI is InChI=1S/C17H25N5O3S.HI/c1-4-15-14(16(5-2)25-22-15)11-21-17(19-3)20-10-12-6-8-13(9-7-12)26(18,23)24;/h6-9H,4-5,10-11H2,1-3H3,(H2,18,23,24)(H2,19,20,21);1H. The predicted molar refractivity (Wildman–Crippen MR) is 116 cm³/mol. The smallest absolute Gasteiger partial charge is 0.238 e. The number of sulfonamides is 1. The van der Waals surface area contributed by atoms with Gasteiger partial charge in [-0.05, 0) is 24.1 Å². The summed E-state index contributed by atoms with van der Waals surface area (Å²) in [6.07, 6.45) is 1.59. The van der Waals surface area contributed by atoms with E-state index in [9.17, 15) is 8.42 Å². The van der Waals surface area contributed by atoms with Crippen molar-refractivity contribution < 1.29 is 12.9 Å². The molecule has 1 aromatic heterocycles. The van der Waals surface area contributed by atoms with Gasteiger partial charge in [0.25, 0.3) is 0 Å². The second-order valence-electron chi connectivity index (χ2n) is 5.71. The Morgan fingerprint density at radius 1 is 1.15 bits per heavy atom. The van der Waals surface area contributed by atoms with Crippen molar-refractivity contribution in [2.75, 3.05) is 7.05 Å². The van der Waals surface area contributed by atoms with E-state index in [1.54, 1.807) is 19.2 Å². The first kappa shape index (κ1) is 23.4. The zero-order valence-corrected chi connectivity index (χ0v) is 18.8. The summed E-state index contributed by atoms with van der Waals surface area (Å²) in [6.45, 7) is 5.14. The highest BCUT2D eigenvalue weighted by molar-refractivity contribution is 14.0. The van der Waals surface area contributed by atoms with Gasteiger partial charge in [-0.2, -0.15) is 0 Å². The Labute approximate surface area is 177 Å². The normalized spacial score (nSPS) is 11.8. The molecule has 10 heteroatoms. The zero-order valence-electron chi connectivity index (χ0n) is 15.7. The minimum absolute atomic E-state index is 0. The number of benzene rings is 1. The Hall–Kier alpha value is -1.66. The molecule has 0 bridgehead atoms. The number of hydrogen-bond donors (Lipinski definition) is 3. The van der Waals surface area contributed by atoms with Crippen LogP contribution >= 0.6 is 24.0 Å². The first-order valence-corrected chi connectivity index (χ1v) is 9.96. The molecule has 27 heavy (non-hydrogen) atoms. The number of primary sulfonamides is 1. The minimum Gasteiger partial charge on any atom is -0.361 e. The molecule has 0 amide bonds. The van der Waals surface area contributed by atoms with Gasteiger partial charge in [-0.15, -0.1) is 24.0 Å². The van der Waals surface area contributed by atoms with Gasteiger partial charge in [-0.3, -0.25) is 4.99 Å². The summed E-state index contributed by atoms with van der Waals surface area (Å²) >= 11 is 0. The van der Waals surface area contributed by atoms with Crippen LogP contribution in [0.25, 0.3) is 0 Å². The first-order chi connectivity index (χ1) is 12.4. The lowest BCUT2D eigenvalue weighted by atomic mass is 10.1. The summed E-state index contributed by atoms with van der Waals surface area (Å²) in [7, 11) is -1.98. The molecule has 1 aromatic carbocycles. The average Bonchev–Trinajstić information content (AvgIpc) is 3.03. The van der Waals surface area contributed by atoms with Crippen molar-refractivity contribution in [3.63, 3.8) is 0 Å². The van der Waals surface area contributed by atoms with Crippen LogP contribution in [0.15, 0.2) is 38.7 Å². The third kappa shape index (κ3) is 6.47. The number of guanidine groups is 1. The van der Waals surface area contributed by atoms with Gasteiger partial charge in [0.2, 0.25) is 10.0 Å². The van der Waals surface area contributed by atoms with Crippen LogP contribution < -0.4 is 15.8 Å². The highest BCUT2D eigenvalue weighted by atomic mass is 127. The van der Waals surface area contributed by atoms with E-state index in [1.165, 1.54) is 12.1 Å². The van der Waals surface area contributed by atoms with Crippen LogP contribution in [0, 0.1) is 0 Å². The van der Waals surface area contributed by atoms with Gasteiger partial charge in [0.15, 0.2) is 5.96 Å². The number of nitrogens with two attached hydrogens (primary N) is 1. The summed E-state index contributed by atoms with van der Waals surface area (Å²) in [5.74, 6) is 1.51. The predicted octanol–water partition coefficient (Wildman–Crippen LogP) is 1.93. The van der Waals surface area contributed by atoms with Crippen LogP contribution in [0.3, 0.4) is 0 Å². The summed E-state index contributed by atoms with van der Waals surface area (Å²) in [5.41, 5.74) is 2.92. The molecule has 0 spiro atoms. The molecule has 2 rings (SSSR count). The minimum atomic E-state index is -3.67. The Kier molecular flexibility index (Phi) is 9.19. The fraction of sp³-hybridized carbons (Fsp3) is 0.412. The van der Waals surface area contributed by atoms with Crippen molar-refractivity contribution in [3.05, 3.63) is 46.8 Å². The maximum absolute atomic E-state index is 11.3. The number of aryl methyl sites for hydroxylation is 2. The maximum atomic E-state index is 11.3. The van der Waals surface area contributed by atoms with Gasteiger partial charge >= 0.3 is 0 Å². The number of nitrogens with zero attached hydrogens (tertiary/aromatic N) is 2. The number of nitrogens with one attached hydrogen (secondary N) is 2. The van der Waals surface area contributed by atoms with Gasteiger partial charge in [-0.25, -0.2) is 13.6 Å². The van der Waals surface area contributed by atoms with E-state index in [0.29, 0.717) is 19.0 Å². The molecular formula is C17H26IN5O3S. The molecule has 4 N–H and O–H groups in total. The monoisotopic (exact) mass is 507 g/mol. The molecule has 0 aliphatic carbocycles. The molecule has 150 valence electrons.